The highest BCUT2D eigenvalue weighted by molar-refractivity contribution is 7.94. The number of hydrogen-bond acceptors (Lipinski definition) is 23. The van der Waals surface area contributed by atoms with Gasteiger partial charge in [0, 0.05) is 30.5 Å². The normalized spacial score (nSPS) is 13.7. The van der Waals surface area contributed by atoms with E-state index in [9.17, 15) is 39.1 Å². The topological polar surface area (TPSA) is 350 Å². The van der Waals surface area contributed by atoms with Crippen molar-refractivity contribution in [3.8, 4) is 0 Å². The van der Waals surface area contributed by atoms with Crippen LogP contribution in [0.4, 0.5) is 76.4 Å². The Labute approximate surface area is 333 Å². The summed E-state index contributed by atoms with van der Waals surface area (Å²) in [6.07, 6.45) is -2.51. The molecule has 0 atom stereocenters. The molecule has 0 amide bonds. The minimum absolute atomic E-state index is 0.0377. The lowest BCUT2D eigenvalue weighted by Gasteiger charge is -2.26. The first-order valence-electron chi connectivity index (χ1n) is 15.9. The maximum absolute atomic E-state index is 14.4. The number of azo groups is 2. The molecular formula is C29H25F3N14O10S3. The zero-order chi connectivity index (χ0) is 42.5. The maximum atomic E-state index is 14.4. The molecule has 59 heavy (non-hydrogen) atoms. The van der Waals surface area contributed by atoms with Crippen LogP contribution >= 0.6 is 12.0 Å². The van der Waals surface area contributed by atoms with Gasteiger partial charge >= 0.3 is 12.2 Å². The molecule has 30 heteroatoms. The Balaban J connectivity index is 1.38. The van der Waals surface area contributed by atoms with E-state index in [0.717, 1.165) is 18.2 Å². The Morgan fingerprint density at radius 1 is 0.746 bits per heavy atom. The molecule has 1 saturated heterocycles. The Morgan fingerprint density at radius 3 is 2.08 bits per heavy atom. The fraction of sp³-hybridized carbons (Fsp3) is 0.138. The molecule has 5 aromatic rings. The molecule has 3 aromatic carbocycles. The van der Waals surface area contributed by atoms with Crippen LogP contribution in [-0.4, -0.2) is 82.4 Å². The number of anilines is 7. The van der Waals surface area contributed by atoms with Gasteiger partial charge in [0.2, 0.25) is 17.8 Å². The van der Waals surface area contributed by atoms with Crippen molar-refractivity contribution in [3.63, 3.8) is 0 Å². The van der Waals surface area contributed by atoms with Gasteiger partial charge in [-0.3, -0.25) is 9.11 Å². The van der Waals surface area contributed by atoms with Gasteiger partial charge in [0.1, 0.15) is 38.4 Å². The third kappa shape index (κ3) is 10.6. The van der Waals surface area contributed by atoms with Crippen molar-refractivity contribution >= 4 is 95.5 Å². The fourth-order valence-corrected chi connectivity index (χ4v) is 6.65. The summed E-state index contributed by atoms with van der Waals surface area (Å²) in [7, 11) is -10.2. The summed E-state index contributed by atoms with van der Waals surface area (Å²) in [5, 5.41) is 33.3. The van der Waals surface area contributed by atoms with Crippen molar-refractivity contribution < 1.29 is 58.5 Å². The van der Waals surface area contributed by atoms with E-state index in [1.54, 1.807) is 4.90 Å². The summed E-state index contributed by atoms with van der Waals surface area (Å²) >= 11 is 0.428. The van der Waals surface area contributed by atoms with Gasteiger partial charge in [0.25, 0.3) is 20.2 Å². The van der Waals surface area contributed by atoms with Gasteiger partial charge in [-0.25, -0.2) is 5.26 Å². The predicted octanol–water partition coefficient (Wildman–Crippen LogP) is 5.32. The largest absolute Gasteiger partial charge is 0.396 e. The molecule has 310 valence electrons. The molecule has 0 aliphatic carbocycles. The number of nitrogens with zero attached hydrogens (tertiary/aromatic N) is 10. The molecule has 0 saturated carbocycles. The van der Waals surface area contributed by atoms with Gasteiger partial charge in [-0.05, 0) is 42.5 Å². The highest BCUT2D eigenvalue weighted by Gasteiger charge is 2.24. The minimum atomic E-state index is -5.16. The first-order chi connectivity index (χ1) is 28.0. The van der Waals surface area contributed by atoms with Crippen molar-refractivity contribution in [1.29, 1.82) is 0 Å². The van der Waals surface area contributed by atoms with Crippen molar-refractivity contribution in [3.05, 3.63) is 66.6 Å². The molecule has 0 unspecified atom stereocenters. The van der Waals surface area contributed by atoms with Crippen LogP contribution in [-0.2, 0) is 34.3 Å². The molecule has 9 N–H and O–H groups in total. The number of benzene rings is 3. The van der Waals surface area contributed by atoms with Crippen molar-refractivity contribution in [2.75, 3.05) is 53.3 Å². The monoisotopic (exact) mass is 882 g/mol. The predicted molar refractivity (Wildman–Crippen MR) is 198 cm³/mol. The van der Waals surface area contributed by atoms with Crippen LogP contribution in [0.1, 0.15) is 0 Å². The number of nitrogens with one attached hydrogen (secondary N) is 2. The lowest BCUT2D eigenvalue weighted by Crippen LogP contribution is -2.37. The molecule has 1 fully saturated rings. The lowest BCUT2D eigenvalue weighted by molar-refractivity contribution is -0.432. The number of ether oxygens (including phenoxy) is 1. The minimum Gasteiger partial charge on any atom is -0.396 e. The first-order valence-corrected chi connectivity index (χ1v) is 19.5. The Morgan fingerprint density at radius 2 is 1.39 bits per heavy atom. The van der Waals surface area contributed by atoms with Crippen LogP contribution in [0.2, 0.25) is 0 Å². The quantitative estimate of drug-likeness (QED) is 0.0108. The number of nitrogen functional groups attached to an aromatic ring is 2. The van der Waals surface area contributed by atoms with Gasteiger partial charge in [-0.1, -0.05) is 5.04 Å². The van der Waals surface area contributed by atoms with E-state index in [2.05, 4.69) is 65.4 Å². The third-order valence-corrected chi connectivity index (χ3v) is 10.0. The van der Waals surface area contributed by atoms with Crippen LogP contribution < -0.4 is 27.0 Å². The molecule has 3 heterocycles. The second-order valence-corrected chi connectivity index (χ2v) is 15.0. The van der Waals surface area contributed by atoms with Gasteiger partial charge < -0.3 is 31.7 Å². The van der Waals surface area contributed by atoms with Crippen LogP contribution in [0.5, 0.6) is 0 Å². The summed E-state index contributed by atoms with van der Waals surface area (Å²) in [5.74, 6) is -1.81. The van der Waals surface area contributed by atoms with Crippen molar-refractivity contribution in [2.45, 2.75) is 14.7 Å². The third-order valence-electron chi connectivity index (χ3n) is 7.56. The van der Waals surface area contributed by atoms with E-state index < -0.39 is 82.4 Å². The molecular weight excluding hydrogens is 858 g/mol. The molecule has 0 bridgehead atoms. The average Bonchev–Trinajstić information content (AvgIpc) is 3.16. The van der Waals surface area contributed by atoms with E-state index in [1.807, 2.05) is 0 Å². The molecule has 6 rings (SSSR count). The number of morpholine rings is 1. The van der Waals surface area contributed by atoms with E-state index in [-0.39, 0.29) is 33.9 Å². The highest BCUT2D eigenvalue weighted by Crippen LogP contribution is 2.44. The highest BCUT2D eigenvalue weighted by atomic mass is 32.2. The first kappa shape index (κ1) is 42.4. The molecule has 2 aromatic heterocycles. The Kier molecular flexibility index (Phi) is 12.7. The van der Waals surface area contributed by atoms with E-state index in [1.165, 1.54) is 18.2 Å². The van der Waals surface area contributed by atoms with Gasteiger partial charge in [0.15, 0.2) is 0 Å². The Bertz CT molecular complexity index is 2680. The number of nitrogens with two attached hydrogens (primary N) is 2. The van der Waals surface area contributed by atoms with Crippen LogP contribution in [0, 0.1) is 18.1 Å². The zero-order valence-corrected chi connectivity index (χ0v) is 31.6. The van der Waals surface area contributed by atoms with Crippen LogP contribution in [0.25, 0.3) is 0 Å². The van der Waals surface area contributed by atoms with Crippen LogP contribution in [0.15, 0.2) is 83.7 Å². The van der Waals surface area contributed by atoms with Crippen LogP contribution in [0.3, 0.4) is 0 Å². The molecule has 0 radical (unpaired) electrons. The summed E-state index contributed by atoms with van der Waals surface area (Å²) in [6.45, 7) is 1.54. The number of rotatable bonds is 14. The summed E-state index contributed by atoms with van der Waals surface area (Å²) in [6, 6.07) is 8.36. The Hall–Kier alpha value is -6.25. The van der Waals surface area contributed by atoms with Crippen molar-refractivity contribution in [2.24, 2.45) is 20.5 Å². The SMILES string of the molecule is Nc1c(N=Nc2cc(Nc3cc(F)nc(F)n3)ccc2S(=O)(=O)O)cc(S(=O)(=O)O)c(N)c1N=Nc1cc(Nc2nc(F)nc(N3CCOCC3)n2)ccc1SOOO. The average molecular weight is 883 g/mol. The summed E-state index contributed by atoms with van der Waals surface area (Å²) in [5.41, 5.74) is 9.18. The fourth-order valence-electron chi connectivity index (χ4n) is 5.00. The number of aromatic nitrogens is 5. The molecule has 1 aliphatic heterocycles. The second-order valence-electron chi connectivity index (χ2n) is 11.4. The summed E-state index contributed by atoms with van der Waals surface area (Å²) < 4.78 is 120. The van der Waals surface area contributed by atoms with Gasteiger partial charge in [-0.15, -0.1) is 24.8 Å². The summed E-state index contributed by atoms with van der Waals surface area (Å²) in [4.78, 5) is 17.8. The number of hydrogen-bond donors (Lipinski definition) is 7. The maximum Gasteiger partial charge on any atom is 0.315 e. The van der Waals surface area contributed by atoms with E-state index in [0.29, 0.717) is 50.5 Å². The lowest BCUT2D eigenvalue weighted by atomic mass is 10.2. The molecule has 0 spiro atoms. The standard InChI is InChI=1S/C29H25F3N14O10S3/c30-21-12-22(38-26(31)37-21)35-13-2-4-19(58(48,49)50)16(10-13)43-44-17-11-20(59(51,52)53)24(34)25(23(17)33)45-42-15-9-14(1-3-18(15)57-56-55-47)36-28-39-27(32)40-29(41-28)46-5-7-54-8-6-46/h1-4,9-12,47H,5-8,33-34H2,(H,35,37,38)(H,48,49,50)(H,51,52,53)(H,36,39,40,41). The zero-order valence-electron chi connectivity index (χ0n) is 29.1. The molecule has 1 aliphatic rings. The van der Waals surface area contributed by atoms with E-state index in [4.69, 9.17) is 21.5 Å². The second kappa shape index (κ2) is 17.7. The van der Waals surface area contributed by atoms with Gasteiger partial charge in [-0.2, -0.15) is 54.9 Å². The van der Waals surface area contributed by atoms with Gasteiger partial charge in [0.05, 0.1) is 41.5 Å². The smallest absolute Gasteiger partial charge is 0.315 e. The molecule has 24 nitrogen and oxygen atoms in total. The van der Waals surface area contributed by atoms with Crippen molar-refractivity contribution in [1.82, 2.24) is 24.9 Å². The number of halogens is 3. The van der Waals surface area contributed by atoms with E-state index >= 15 is 0 Å².